The number of carbonyl (C=O) groups excluding carboxylic acids is 1. The third-order valence-corrected chi connectivity index (χ3v) is 3.31. The second-order valence-corrected chi connectivity index (χ2v) is 4.50. The van der Waals surface area contributed by atoms with Gasteiger partial charge in [0.15, 0.2) is 0 Å². The SMILES string of the molecule is COc1ccccc1CC1CCCCNC1=O. The Labute approximate surface area is 102 Å². The average molecular weight is 233 g/mol. The first kappa shape index (κ1) is 12.0. The van der Waals surface area contributed by atoms with Gasteiger partial charge >= 0.3 is 0 Å². The van der Waals surface area contributed by atoms with E-state index in [0.717, 1.165) is 43.5 Å². The van der Waals surface area contributed by atoms with E-state index in [2.05, 4.69) is 5.32 Å². The Morgan fingerprint density at radius 2 is 2.18 bits per heavy atom. The van der Waals surface area contributed by atoms with Crippen LogP contribution < -0.4 is 10.1 Å². The lowest BCUT2D eigenvalue weighted by molar-refractivity contribution is -0.124. The Balaban J connectivity index is 2.10. The van der Waals surface area contributed by atoms with Crippen molar-refractivity contribution in [1.82, 2.24) is 5.32 Å². The van der Waals surface area contributed by atoms with Gasteiger partial charge in [0.25, 0.3) is 0 Å². The van der Waals surface area contributed by atoms with Crippen LogP contribution in [0.4, 0.5) is 0 Å². The number of carbonyl (C=O) groups is 1. The van der Waals surface area contributed by atoms with Crippen molar-refractivity contribution in [2.75, 3.05) is 13.7 Å². The molecule has 0 bridgehead atoms. The first-order valence-electron chi connectivity index (χ1n) is 6.21. The summed E-state index contributed by atoms with van der Waals surface area (Å²) >= 11 is 0. The number of amides is 1. The molecule has 1 N–H and O–H groups in total. The van der Waals surface area contributed by atoms with Gasteiger partial charge in [0.1, 0.15) is 5.75 Å². The van der Waals surface area contributed by atoms with Gasteiger partial charge in [-0.05, 0) is 30.9 Å². The molecule has 1 saturated heterocycles. The summed E-state index contributed by atoms with van der Waals surface area (Å²) in [6.07, 6.45) is 3.96. The summed E-state index contributed by atoms with van der Waals surface area (Å²) in [6.45, 7) is 0.821. The summed E-state index contributed by atoms with van der Waals surface area (Å²) in [5, 5.41) is 2.97. The van der Waals surface area contributed by atoms with Crippen molar-refractivity contribution in [2.24, 2.45) is 5.92 Å². The van der Waals surface area contributed by atoms with Gasteiger partial charge in [0.2, 0.25) is 5.91 Å². The summed E-state index contributed by atoms with van der Waals surface area (Å²) < 4.78 is 5.32. The minimum absolute atomic E-state index is 0.0915. The zero-order valence-electron chi connectivity index (χ0n) is 10.2. The van der Waals surface area contributed by atoms with E-state index >= 15 is 0 Å². The number of nitrogens with one attached hydrogen (secondary N) is 1. The van der Waals surface area contributed by atoms with Gasteiger partial charge < -0.3 is 10.1 Å². The molecule has 17 heavy (non-hydrogen) atoms. The second-order valence-electron chi connectivity index (χ2n) is 4.50. The number of ether oxygens (including phenoxy) is 1. The highest BCUT2D eigenvalue weighted by atomic mass is 16.5. The zero-order chi connectivity index (χ0) is 12.1. The fourth-order valence-electron chi connectivity index (χ4n) is 2.33. The second kappa shape index (κ2) is 5.71. The van der Waals surface area contributed by atoms with Crippen molar-refractivity contribution in [1.29, 1.82) is 0 Å². The highest BCUT2D eigenvalue weighted by molar-refractivity contribution is 5.79. The summed E-state index contributed by atoms with van der Waals surface area (Å²) in [7, 11) is 1.67. The maximum atomic E-state index is 11.9. The third-order valence-electron chi connectivity index (χ3n) is 3.31. The maximum absolute atomic E-state index is 11.9. The van der Waals surface area contributed by atoms with Crippen LogP contribution in [0.25, 0.3) is 0 Å². The van der Waals surface area contributed by atoms with Crippen molar-refractivity contribution in [3.63, 3.8) is 0 Å². The molecule has 3 nitrogen and oxygen atoms in total. The standard InChI is InChI=1S/C14H19NO2/c1-17-13-8-3-2-6-11(13)10-12-7-4-5-9-15-14(12)16/h2-3,6,8,12H,4-5,7,9-10H2,1H3,(H,15,16). The molecule has 1 aromatic rings. The number of para-hydroxylation sites is 1. The Morgan fingerprint density at radius 1 is 1.35 bits per heavy atom. The minimum Gasteiger partial charge on any atom is -0.496 e. The van der Waals surface area contributed by atoms with Crippen molar-refractivity contribution in [2.45, 2.75) is 25.7 Å². The molecule has 0 aromatic heterocycles. The van der Waals surface area contributed by atoms with Gasteiger partial charge in [0, 0.05) is 12.5 Å². The molecular weight excluding hydrogens is 214 g/mol. The zero-order valence-corrected chi connectivity index (χ0v) is 10.2. The molecule has 92 valence electrons. The molecule has 1 unspecified atom stereocenters. The minimum atomic E-state index is 0.0915. The molecule has 1 amide bonds. The van der Waals surface area contributed by atoms with Crippen molar-refractivity contribution in [3.05, 3.63) is 29.8 Å². The summed E-state index contributed by atoms with van der Waals surface area (Å²) in [4.78, 5) is 11.9. The molecule has 0 radical (unpaired) electrons. The molecule has 1 heterocycles. The van der Waals surface area contributed by atoms with Crippen LogP contribution in [-0.2, 0) is 11.2 Å². The number of benzene rings is 1. The number of hydrogen-bond donors (Lipinski definition) is 1. The predicted molar refractivity (Wildman–Crippen MR) is 67.0 cm³/mol. The van der Waals surface area contributed by atoms with Crippen LogP contribution in [0.5, 0.6) is 5.75 Å². The maximum Gasteiger partial charge on any atom is 0.223 e. The largest absolute Gasteiger partial charge is 0.496 e. The fraction of sp³-hybridized carbons (Fsp3) is 0.500. The molecular formula is C14H19NO2. The highest BCUT2D eigenvalue weighted by Crippen LogP contribution is 2.24. The lowest BCUT2D eigenvalue weighted by Crippen LogP contribution is -2.30. The van der Waals surface area contributed by atoms with Crippen molar-refractivity contribution < 1.29 is 9.53 Å². The highest BCUT2D eigenvalue weighted by Gasteiger charge is 2.21. The van der Waals surface area contributed by atoms with E-state index in [1.165, 1.54) is 0 Å². The molecule has 0 saturated carbocycles. The van der Waals surface area contributed by atoms with Crippen LogP contribution in [0, 0.1) is 5.92 Å². The predicted octanol–water partition coefficient (Wildman–Crippen LogP) is 2.15. The van der Waals surface area contributed by atoms with Gasteiger partial charge in [-0.3, -0.25) is 4.79 Å². The van der Waals surface area contributed by atoms with E-state index in [9.17, 15) is 4.79 Å². The van der Waals surface area contributed by atoms with Crippen LogP contribution in [0.1, 0.15) is 24.8 Å². The topological polar surface area (TPSA) is 38.3 Å². The van der Waals surface area contributed by atoms with E-state index in [0.29, 0.717) is 0 Å². The first-order valence-corrected chi connectivity index (χ1v) is 6.21. The lowest BCUT2D eigenvalue weighted by atomic mass is 9.94. The lowest BCUT2D eigenvalue weighted by Gasteiger charge is -2.15. The molecule has 2 rings (SSSR count). The number of hydrogen-bond acceptors (Lipinski definition) is 2. The Hall–Kier alpha value is -1.51. The summed E-state index contributed by atoms with van der Waals surface area (Å²) in [5.74, 6) is 1.16. The van der Waals surface area contributed by atoms with Gasteiger partial charge in [-0.25, -0.2) is 0 Å². The van der Waals surface area contributed by atoms with E-state index in [1.54, 1.807) is 7.11 Å². The van der Waals surface area contributed by atoms with Gasteiger partial charge in [-0.2, -0.15) is 0 Å². The third kappa shape index (κ3) is 2.99. The van der Waals surface area contributed by atoms with E-state index < -0.39 is 0 Å². The van der Waals surface area contributed by atoms with Crippen molar-refractivity contribution >= 4 is 5.91 Å². The monoisotopic (exact) mass is 233 g/mol. The Morgan fingerprint density at radius 3 is 3.00 bits per heavy atom. The van der Waals surface area contributed by atoms with Crippen LogP contribution in [0.3, 0.4) is 0 Å². The fourth-order valence-corrected chi connectivity index (χ4v) is 2.33. The number of methoxy groups -OCH3 is 1. The average Bonchev–Trinajstić information content (AvgIpc) is 2.56. The van der Waals surface area contributed by atoms with E-state index in [1.807, 2.05) is 24.3 Å². The molecule has 0 aliphatic carbocycles. The quantitative estimate of drug-likeness (QED) is 0.868. The number of rotatable bonds is 3. The van der Waals surface area contributed by atoms with E-state index in [-0.39, 0.29) is 11.8 Å². The van der Waals surface area contributed by atoms with Gasteiger partial charge in [-0.1, -0.05) is 24.6 Å². The van der Waals surface area contributed by atoms with E-state index in [4.69, 9.17) is 4.74 Å². The van der Waals surface area contributed by atoms with Gasteiger partial charge in [-0.15, -0.1) is 0 Å². The van der Waals surface area contributed by atoms with Gasteiger partial charge in [0.05, 0.1) is 7.11 Å². The van der Waals surface area contributed by atoms with Crippen LogP contribution in [0.15, 0.2) is 24.3 Å². The molecule has 1 atom stereocenters. The molecule has 1 fully saturated rings. The molecule has 1 aliphatic rings. The Bertz CT molecular complexity index is 390. The Kier molecular flexibility index (Phi) is 4.02. The summed E-state index contributed by atoms with van der Waals surface area (Å²) in [5.41, 5.74) is 1.12. The smallest absolute Gasteiger partial charge is 0.223 e. The summed E-state index contributed by atoms with van der Waals surface area (Å²) in [6, 6.07) is 7.93. The van der Waals surface area contributed by atoms with Crippen molar-refractivity contribution in [3.8, 4) is 5.75 Å². The molecule has 1 aliphatic heterocycles. The normalized spacial score (nSPS) is 20.5. The van der Waals surface area contributed by atoms with Crippen LogP contribution in [0.2, 0.25) is 0 Å². The van der Waals surface area contributed by atoms with Crippen LogP contribution in [-0.4, -0.2) is 19.6 Å². The molecule has 0 spiro atoms. The molecule has 1 aromatic carbocycles. The first-order chi connectivity index (χ1) is 8.31. The molecule has 3 heteroatoms. The van der Waals surface area contributed by atoms with Crippen LogP contribution >= 0.6 is 0 Å².